The number of nitrogens with zero attached hydrogens (tertiary/aromatic N) is 3. The van der Waals surface area contributed by atoms with Crippen molar-refractivity contribution in [3.05, 3.63) is 53.5 Å². The van der Waals surface area contributed by atoms with Gasteiger partial charge in [-0.05, 0) is 37.1 Å². The minimum absolute atomic E-state index is 0.100. The van der Waals surface area contributed by atoms with Gasteiger partial charge in [0.1, 0.15) is 11.6 Å². The molecule has 3 rings (SSSR count). The molecule has 0 aliphatic carbocycles. The van der Waals surface area contributed by atoms with Crippen molar-refractivity contribution in [2.75, 3.05) is 25.5 Å². The van der Waals surface area contributed by atoms with Crippen LogP contribution in [0.1, 0.15) is 28.2 Å². The standard InChI is InChI=1S/C19H23N5O2/c1-13-20-8-6-17(23-13)21-11-14-4-3-5-15(10-14)18(25)22-12-16-7-9-24(2)19(16)26/h3-6,8,10,16H,7,9,11-12H2,1-2H3,(H,22,25)(H,20,21,23). The first-order valence-corrected chi connectivity index (χ1v) is 8.68. The van der Waals surface area contributed by atoms with Crippen LogP contribution in [0.15, 0.2) is 36.5 Å². The Hall–Kier alpha value is -2.96. The van der Waals surface area contributed by atoms with Gasteiger partial charge in [-0.1, -0.05) is 12.1 Å². The monoisotopic (exact) mass is 353 g/mol. The lowest BCUT2D eigenvalue weighted by Crippen LogP contribution is -2.33. The van der Waals surface area contributed by atoms with Crippen LogP contribution < -0.4 is 10.6 Å². The van der Waals surface area contributed by atoms with Gasteiger partial charge in [0, 0.05) is 38.4 Å². The predicted octanol–water partition coefficient (Wildman–Crippen LogP) is 1.61. The van der Waals surface area contributed by atoms with Crippen LogP contribution in [0.2, 0.25) is 0 Å². The zero-order valence-corrected chi connectivity index (χ0v) is 15.0. The molecular weight excluding hydrogens is 330 g/mol. The number of carbonyl (C=O) groups is 2. The van der Waals surface area contributed by atoms with E-state index in [4.69, 9.17) is 0 Å². The zero-order valence-electron chi connectivity index (χ0n) is 15.0. The molecule has 136 valence electrons. The van der Waals surface area contributed by atoms with Gasteiger partial charge in [0.05, 0.1) is 5.92 Å². The van der Waals surface area contributed by atoms with E-state index in [1.54, 1.807) is 30.3 Å². The van der Waals surface area contributed by atoms with Gasteiger partial charge in [-0.15, -0.1) is 0 Å². The molecule has 2 amide bonds. The van der Waals surface area contributed by atoms with Crippen LogP contribution in [-0.2, 0) is 11.3 Å². The van der Waals surface area contributed by atoms with E-state index in [1.165, 1.54) is 0 Å². The number of rotatable bonds is 6. The third-order valence-electron chi connectivity index (χ3n) is 4.49. The number of nitrogens with one attached hydrogen (secondary N) is 2. The number of hydrogen-bond donors (Lipinski definition) is 2. The van der Waals surface area contributed by atoms with Crippen molar-refractivity contribution in [1.29, 1.82) is 0 Å². The molecule has 2 heterocycles. The number of anilines is 1. The Morgan fingerprint density at radius 2 is 2.19 bits per heavy atom. The van der Waals surface area contributed by atoms with Gasteiger partial charge >= 0.3 is 0 Å². The smallest absolute Gasteiger partial charge is 0.251 e. The zero-order chi connectivity index (χ0) is 18.5. The molecule has 1 aromatic carbocycles. The van der Waals surface area contributed by atoms with Gasteiger partial charge in [-0.2, -0.15) is 0 Å². The predicted molar refractivity (Wildman–Crippen MR) is 98.6 cm³/mol. The molecule has 1 aliphatic heterocycles. The topological polar surface area (TPSA) is 87.2 Å². The number of aryl methyl sites for hydroxylation is 1. The summed E-state index contributed by atoms with van der Waals surface area (Å²) in [6.45, 7) is 3.53. The first-order valence-electron chi connectivity index (χ1n) is 8.68. The maximum absolute atomic E-state index is 12.4. The maximum Gasteiger partial charge on any atom is 0.251 e. The van der Waals surface area contributed by atoms with Crippen molar-refractivity contribution in [1.82, 2.24) is 20.2 Å². The van der Waals surface area contributed by atoms with Crippen LogP contribution >= 0.6 is 0 Å². The molecule has 2 N–H and O–H groups in total. The molecule has 7 nitrogen and oxygen atoms in total. The summed E-state index contributed by atoms with van der Waals surface area (Å²) in [6, 6.07) is 9.23. The highest BCUT2D eigenvalue weighted by Crippen LogP contribution is 2.15. The van der Waals surface area contributed by atoms with Crippen LogP contribution in [-0.4, -0.2) is 46.8 Å². The molecular formula is C19H23N5O2. The molecule has 0 saturated carbocycles. The molecule has 1 saturated heterocycles. The first-order chi connectivity index (χ1) is 12.5. The van der Waals surface area contributed by atoms with Crippen molar-refractivity contribution in [2.24, 2.45) is 5.92 Å². The quantitative estimate of drug-likeness (QED) is 0.824. The average Bonchev–Trinajstić information content (AvgIpc) is 2.97. The minimum Gasteiger partial charge on any atom is -0.366 e. The largest absolute Gasteiger partial charge is 0.366 e. The van der Waals surface area contributed by atoms with E-state index in [0.717, 1.165) is 24.3 Å². The summed E-state index contributed by atoms with van der Waals surface area (Å²) in [6.07, 6.45) is 2.49. The van der Waals surface area contributed by atoms with Crippen molar-refractivity contribution in [3.8, 4) is 0 Å². The van der Waals surface area contributed by atoms with Crippen LogP contribution in [0.25, 0.3) is 0 Å². The van der Waals surface area contributed by atoms with Crippen LogP contribution in [0, 0.1) is 12.8 Å². The molecule has 0 spiro atoms. The van der Waals surface area contributed by atoms with E-state index in [0.29, 0.717) is 24.5 Å². The highest BCUT2D eigenvalue weighted by molar-refractivity contribution is 5.94. The summed E-state index contributed by atoms with van der Waals surface area (Å²) in [5.74, 6) is 1.27. The molecule has 1 atom stereocenters. The summed E-state index contributed by atoms with van der Waals surface area (Å²) in [4.78, 5) is 34.4. The van der Waals surface area contributed by atoms with E-state index in [9.17, 15) is 9.59 Å². The van der Waals surface area contributed by atoms with E-state index in [1.807, 2.05) is 25.1 Å². The Morgan fingerprint density at radius 3 is 2.92 bits per heavy atom. The lowest BCUT2D eigenvalue weighted by molar-refractivity contribution is -0.129. The summed E-state index contributed by atoms with van der Waals surface area (Å²) in [5.41, 5.74) is 1.56. The van der Waals surface area contributed by atoms with Gasteiger partial charge in [-0.25, -0.2) is 9.97 Å². The normalized spacial score (nSPS) is 16.6. The molecule has 1 fully saturated rings. The fourth-order valence-electron chi connectivity index (χ4n) is 2.97. The van der Waals surface area contributed by atoms with Gasteiger partial charge in [0.15, 0.2) is 0 Å². The van der Waals surface area contributed by atoms with Gasteiger partial charge in [0.25, 0.3) is 5.91 Å². The molecule has 26 heavy (non-hydrogen) atoms. The number of carbonyl (C=O) groups excluding carboxylic acids is 2. The Kier molecular flexibility index (Phi) is 5.46. The fraction of sp³-hybridized carbons (Fsp3) is 0.368. The third-order valence-corrected chi connectivity index (χ3v) is 4.49. The second-order valence-electron chi connectivity index (χ2n) is 6.50. The summed E-state index contributed by atoms with van der Waals surface area (Å²) < 4.78 is 0. The van der Waals surface area contributed by atoms with Crippen LogP contribution in [0.5, 0.6) is 0 Å². The second-order valence-corrected chi connectivity index (χ2v) is 6.50. The summed E-state index contributed by atoms with van der Waals surface area (Å²) in [5, 5.41) is 6.10. The van der Waals surface area contributed by atoms with Gasteiger partial charge < -0.3 is 15.5 Å². The highest BCUT2D eigenvalue weighted by atomic mass is 16.2. The molecule has 1 aromatic heterocycles. The van der Waals surface area contributed by atoms with E-state index < -0.39 is 0 Å². The minimum atomic E-state index is -0.160. The van der Waals surface area contributed by atoms with Crippen molar-refractivity contribution in [2.45, 2.75) is 19.9 Å². The Balaban J connectivity index is 1.56. The number of hydrogen-bond acceptors (Lipinski definition) is 5. The second kappa shape index (κ2) is 7.95. The Labute approximate surface area is 152 Å². The lowest BCUT2D eigenvalue weighted by atomic mass is 10.1. The number of likely N-dealkylation sites (tertiary alicyclic amines) is 1. The summed E-state index contributed by atoms with van der Waals surface area (Å²) in [7, 11) is 1.79. The molecule has 1 unspecified atom stereocenters. The number of amides is 2. The van der Waals surface area contributed by atoms with E-state index in [2.05, 4.69) is 20.6 Å². The molecule has 2 aromatic rings. The molecule has 1 aliphatic rings. The van der Waals surface area contributed by atoms with Gasteiger partial charge in [0.2, 0.25) is 5.91 Å². The van der Waals surface area contributed by atoms with E-state index >= 15 is 0 Å². The highest BCUT2D eigenvalue weighted by Gasteiger charge is 2.29. The van der Waals surface area contributed by atoms with E-state index in [-0.39, 0.29) is 17.7 Å². The van der Waals surface area contributed by atoms with Crippen molar-refractivity contribution in [3.63, 3.8) is 0 Å². The average molecular weight is 353 g/mol. The maximum atomic E-state index is 12.4. The molecule has 7 heteroatoms. The number of aromatic nitrogens is 2. The SMILES string of the molecule is Cc1nccc(NCc2cccc(C(=O)NCC3CCN(C)C3=O)c2)n1. The van der Waals surface area contributed by atoms with Crippen LogP contribution in [0.4, 0.5) is 5.82 Å². The third kappa shape index (κ3) is 4.36. The molecule has 0 bridgehead atoms. The fourth-order valence-corrected chi connectivity index (χ4v) is 2.97. The Morgan fingerprint density at radius 1 is 1.35 bits per heavy atom. The molecule has 0 radical (unpaired) electrons. The Bertz CT molecular complexity index is 808. The van der Waals surface area contributed by atoms with Crippen molar-refractivity contribution >= 4 is 17.6 Å². The number of benzene rings is 1. The lowest BCUT2D eigenvalue weighted by Gasteiger charge is -2.12. The van der Waals surface area contributed by atoms with Crippen LogP contribution in [0.3, 0.4) is 0 Å². The summed E-state index contributed by atoms with van der Waals surface area (Å²) >= 11 is 0. The van der Waals surface area contributed by atoms with Gasteiger partial charge in [-0.3, -0.25) is 9.59 Å². The van der Waals surface area contributed by atoms with Crippen molar-refractivity contribution < 1.29 is 9.59 Å². The first kappa shape index (κ1) is 17.8.